The molecule has 0 bridgehead atoms. The number of rotatable bonds is 2. The van der Waals surface area contributed by atoms with Crippen LogP contribution in [0.5, 0.6) is 0 Å². The zero-order valence-electron chi connectivity index (χ0n) is 13.0. The lowest BCUT2D eigenvalue weighted by atomic mass is 9.75. The Morgan fingerprint density at radius 3 is 2.26 bits per heavy atom. The van der Waals surface area contributed by atoms with E-state index in [-0.39, 0.29) is 0 Å². The summed E-state index contributed by atoms with van der Waals surface area (Å²) < 4.78 is 0. The smallest absolute Gasteiger partial charge is 0.0246 e. The van der Waals surface area contributed by atoms with Crippen molar-refractivity contribution in [3.8, 4) is 0 Å². The van der Waals surface area contributed by atoms with Crippen molar-refractivity contribution in [3.05, 3.63) is 0 Å². The van der Waals surface area contributed by atoms with Gasteiger partial charge in [-0.25, -0.2) is 0 Å². The average Bonchev–Trinajstić information content (AvgIpc) is 2.83. The van der Waals surface area contributed by atoms with E-state index >= 15 is 0 Å². The van der Waals surface area contributed by atoms with Crippen molar-refractivity contribution >= 4 is 0 Å². The first kappa shape index (κ1) is 13.9. The van der Waals surface area contributed by atoms with E-state index in [1.54, 1.807) is 0 Å². The van der Waals surface area contributed by atoms with Gasteiger partial charge in [-0.3, -0.25) is 0 Å². The van der Waals surface area contributed by atoms with E-state index in [0.717, 1.165) is 5.41 Å². The third-order valence-electron chi connectivity index (χ3n) is 6.35. The molecule has 19 heavy (non-hydrogen) atoms. The average molecular weight is 264 g/mol. The molecule has 3 aliphatic rings. The van der Waals surface area contributed by atoms with Gasteiger partial charge in [0.05, 0.1) is 0 Å². The lowest BCUT2D eigenvalue weighted by Crippen LogP contribution is -2.54. The van der Waals surface area contributed by atoms with Crippen LogP contribution in [0.1, 0.15) is 65.2 Å². The molecule has 0 amide bonds. The predicted octanol–water partition coefficient (Wildman–Crippen LogP) is 3.42. The summed E-state index contributed by atoms with van der Waals surface area (Å²) in [5.41, 5.74) is 1.26. The quantitative estimate of drug-likeness (QED) is 0.822. The molecule has 2 nitrogen and oxygen atoms in total. The normalized spacial score (nSPS) is 34.7. The van der Waals surface area contributed by atoms with E-state index < -0.39 is 0 Å². The minimum Gasteiger partial charge on any atom is -0.312 e. The lowest BCUT2D eigenvalue weighted by Gasteiger charge is -2.45. The van der Waals surface area contributed by atoms with Crippen LogP contribution in [0.15, 0.2) is 0 Å². The van der Waals surface area contributed by atoms with Gasteiger partial charge < -0.3 is 10.2 Å². The molecule has 2 aliphatic heterocycles. The fourth-order valence-electron chi connectivity index (χ4n) is 4.68. The molecule has 1 aliphatic carbocycles. The van der Waals surface area contributed by atoms with E-state index in [1.165, 1.54) is 77.5 Å². The zero-order valence-corrected chi connectivity index (χ0v) is 13.0. The molecule has 0 aromatic carbocycles. The summed E-state index contributed by atoms with van der Waals surface area (Å²) in [6, 6.07) is 0.707. The van der Waals surface area contributed by atoms with Crippen molar-refractivity contribution in [1.29, 1.82) is 0 Å². The van der Waals surface area contributed by atoms with Crippen LogP contribution >= 0.6 is 0 Å². The Morgan fingerprint density at radius 1 is 0.947 bits per heavy atom. The molecule has 2 saturated heterocycles. The van der Waals surface area contributed by atoms with Gasteiger partial charge in [0.25, 0.3) is 0 Å². The maximum Gasteiger partial charge on any atom is 0.0246 e. The highest BCUT2D eigenvalue weighted by Crippen LogP contribution is 2.46. The van der Waals surface area contributed by atoms with Crippen LogP contribution in [0.2, 0.25) is 0 Å². The molecule has 0 radical (unpaired) electrons. The molecule has 0 aromatic heterocycles. The Morgan fingerprint density at radius 2 is 1.63 bits per heavy atom. The van der Waals surface area contributed by atoms with E-state index in [4.69, 9.17) is 0 Å². The van der Waals surface area contributed by atoms with Gasteiger partial charge in [0, 0.05) is 12.6 Å². The topological polar surface area (TPSA) is 15.3 Å². The maximum absolute atomic E-state index is 3.78. The fraction of sp³-hybridized carbons (Fsp3) is 1.00. The minimum atomic E-state index is 0.487. The van der Waals surface area contributed by atoms with Gasteiger partial charge in [0.2, 0.25) is 0 Å². The van der Waals surface area contributed by atoms with Crippen molar-refractivity contribution < 1.29 is 0 Å². The van der Waals surface area contributed by atoms with Crippen LogP contribution in [0.25, 0.3) is 0 Å². The van der Waals surface area contributed by atoms with Gasteiger partial charge in [0.15, 0.2) is 0 Å². The second-order valence-electron chi connectivity index (χ2n) is 8.11. The summed E-state index contributed by atoms with van der Waals surface area (Å²) in [5.74, 6) is 0. The van der Waals surface area contributed by atoms with Gasteiger partial charge in [-0.05, 0) is 69.0 Å². The van der Waals surface area contributed by atoms with Crippen molar-refractivity contribution in [2.24, 2.45) is 10.8 Å². The van der Waals surface area contributed by atoms with Gasteiger partial charge in [-0.1, -0.05) is 26.7 Å². The molecule has 1 unspecified atom stereocenters. The molecular weight excluding hydrogens is 232 g/mol. The van der Waals surface area contributed by atoms with E-state index in [1.807, 2.05) is 0 Å². The molecular formula is C17H32N2. The number of hydrogen-bond donors (Lipinski definition) is 1. The van der Waals surface area contributed by atoms with Gasteiger partial charge in [0.1, 0.15) is 0 Å². The molecule has 1 spiro atoms. The summed E-state index contributed by atoms with van der Waals surface area (Å²) in [6.07, 6.45) is 11.7. The number of nitrogens with one attached hydrogen (secondary N) is 1. The second kappa shape index (κ2) is 5.37. The lowest BCUT2D eigenvalue weighted by molar-refractivity contribution is 0.0703. The van der Waals surface area contributed by atoms with Gasteiger partial charge >= 0.3 is 0 Å². The Labute approximate surface area is 119 Å². The molecule has 0 aromatic rings. The van der Waals surface area contributed by atoms with Gasteiger partial charge in [-0.2, -0.15) is 0 Å². The van der Waals surface area contributed by atoms with Crippen LogP contribution in [-0.2, 0) is 0 Å². The van der Waals surface area contributed by atoms with Crippen LogP contribution < -0.4 is 5.32 Å². The first-order valence-corrected chi connectivity index (χ1v) is 8.56. The van der Waals surface area contributed by atoms with Crippen molar-refractivity contribution in [1.82, 2.24) is 10.2 Å². The van der Waals surface area contributed by atoms with Crippen molar-refractivity contribution in [2.45, 2.75) is 71.3 Å². The third kappa shape index (κ3) is 3.00. The zero-order chi connectivity index (χ0) is 13.3. The summed E-state index contributed by atoms with van der Waals surface area (Å²) in [5, 5.41) is 3.78. The largest absolute Gasteiger partial charge is 0.312 e. The van der Waals surface area contributed by atoms with E-state index in [2.05, 4.69) is 24.1 Å². The minimum absolute atomic E-state index is 0.487. The Balaban J connectivity index is 1.51. The monoisotopic (exact) mass is 264 g/mol. The van der Waals surface area contributed by atoms with Gasteiger partial charge in [-0.15, -0.1) is 0 Å². The molecule has 1 saturated carbocycles. The molecule has 1 N–H and O–H groups in total. The van der Waals surface area contributed by atoms with Crippen LogP contribution in [0.4, 0.5) is 0 Å². The maximum atomic E-state index is 3.78. The highest BCUT2D eigenvalue weighted by Gasteiger charge is 2.39. The number of nitrogens with zero attached hydrogens (tertiary/aromatic N) is 1. The summed E-state index contributed by atoms with van der Waals surface area (Å²) in [4.78, 5) is 2.74. The predicted molar refractivity (Wildman–Crippen MR) is 81.4 cm³/mol. The number of hydrogen-bond acceptors (Lipinski definition) is 2. The van der Waals surface area contributed by atoms with Crippen molar-refractivity contribution in [2.75, 3.05) is 26.2 Å². The van der Waals surface area contributed by atoms with E-state index in [9.17, 15) is 0 Å². The molecule has 2 heteroatoms. The highest BCUT2D eigenvalue weighted by molar-refractivity contribution is 4.94. The Bertz CT molecular complexity index is 294. The molecule has 110 valence electrons. The van der Waals surface area contributed by atoms with E-state index in [0.29, 0.717) is 11.5 Å². The van der Waals surface area contributed by atoms with Crippen LogP contribution in [0, 0.1) is 10.8 Å². The number of likely N-dealkylation sites (tertiary alicyclic amines) is 1. The standard InChI is InChI=1S/C17H32N2/c1-16(2)6-5-11-18-15(16)14-19-12-9-17(10-13-19)7-3-4-8-17/h15,18H,3-14H2,1-2H3. The van der Waals surface area contributed by atoms with Crippen molar-refractivity contribution in [3.63, 3.8) is 0 Å². The summed E-state index contributed by atoms with van der Waals surface area (Å²) in [7, 11) is 0. The molecule has 3 fully saturated rings. The fourth-order valence-corrected chi connectivity index (χ4v) is 4.68. The number of piperidine rings is 2. The first-order chi connectivity index (χ1) is 9.10. The third-order valence-corrected chi connectivity index (χ3v) is 6.35. The Kier molecular flexibility index (Phi) is 3.92. The van der Waals surface area contributed by atoms with Crippen LogP contribution in [-0.4, -0.2) is 37.1 Å². The second-order valence-corrected chi connectivity index (χ2v) is 8.11. The Hall–Kier alpha value is -0.0800. The molecule has 2 heterocycles. The van der Waals surface area contributed by atoms with Crippen LogP contribution in [0.3, 0.4) is 0 Å². The summed E-state index contributed by atoms with van der Waals surface area (Å²) in [6.45, 7) is 10.1. The molecule has 3 rings (SSSR count). The molecule has 1 atom stereocenters. The SMILES string of the molecule is CC1(C)CCCNC1CN1CCC2(CCCC2)CC1. The highest BCUT2D eigenvalue weighted by atomic mass is 15.2. The first-order valence-electron chi connectivity index (χ1n) is 8.56. The summed E-state index contributed by atoms with van der Waals surface area (Å²) >= 11 is 0.